The summed E-state index contributed by atoms with van der Waals surface area (Å²) in [6, 6.07) is 6.83. The Morgan fingerprint density at radius 1 is 1.28 bits per heavy atom. The summed E-state index contributed by atoms with van der Waals surface area (Å²) in [5, 5.41) is 4.49. The number of nitrogens with one attached hydrogen (secondary N) is 1. The van der Waals surface area contributed by atoms with Gasteiger partial charge in [-0.2, -0.15) is 0 Å². The molecule has 2 atom stereocenters. The summed E-state index contributed by atoms with van der Waals surface area (Å²) in [7, 11) is 1.96. The smallest absolute Gasteiger partial charge is 0.134 e. The van der Waals surface area contributed by atoms with E-state index in [2.05, 4.69) is 51.2 Å². The summed E-state index contributed by atoms with van der Waals surface area (Å²) in [5.41, 5.74) is 3.66. The van der Waals surface area contributed by atoms with Crippen LogP contribution < -0.4 is 5.32 Å². The number of fused-ring (bicyclic) bond motifs is 1. The Hall–Kier alpha value is -1.28. The van der Waals surface area contributed by atoms with Crippen LogP contribution in [0.2, 0.25) is 0 Å². The molecular weight excluding hydrogens is 222 g/mol. The van der Waals surface area contributed by atoms with Crippen molar-refractivity contribution < 1.29 is 4.42 Å². The van der Waals surface area contributed by atoms with Crippen LogP contribution in [0.1, 0.15) is 56.0 Å². The van der Waals surface area contributed by atoms with Crippen LogP contribution in [0.25, 0.3) is 11.0 Å². The Balaban J connectivity index is 2.53. The number of aryl methyl sites for hydroxylation is 1. The van der Waals surface area contributed by atoms with Gasteiger partial charge >= 0.3 is 0 Å². The van der Waals surface area contributed by atoms with Crippen LogP contribution in [0.3, 0.4) is 0 Å². The highest BCUT2D eigenvalue weighted by molar-refractivity contribution is 5.83. The maximum atomic E-state index is 5.96. The molecule has 18 heavy (non-hydrogen) atoms. The standard InChI is InChI=1S/C16H23NO/c1-6-10(2)13-7-8-15-14(9-13)11(3)16(18-15)12(4)17-5/h7-10,12,17H,6H2,1-5H3. The van der Waals surface area contributed by atoms with E-state index in [0.29, 0.717) is 5.92 Å². The summed E-state index contributed by atoms with van der Waals surface area (Å²) in [4.78, 5) is 0. The Bertz CT molecular complexity index is 541. The average Bonchev–Trinajstić information content (AvgIpc) is 2.74. The first-order chi connectivity index (χ1) is 8.58. The highest BCUT2D eigenvalue weighted by Gasteiger charge is 2.16. The highest BCUT2D eigenvalue weighted by atomic mass is 16.3. The molecule has 2 heteroatoms. The number of rotatable bonds is 4. The molecule has 0 aliphatic carbocycles. The minimum atomic E-state index is 0.254. The van der Waals surface area contributed by atoms with Crippen molar-refractivity contribution in [3.05, 3.63) is 35.1 Å². The predicted molar refractivity (Wildman–Crippen MR) is 77.1 cm³/mol. The fourth-order valence-corrected chi connectivity index (χ4v) is 2.34. The lowest BCUT2D eigenvalue weighted by atomic mass is 9.96. The third-order valence-electron chi connectivity index (χ3n) is 4.00. The molecule has 1 N–H and O–H groups in total. The van der Waals surface area contributed by atoms with E-state index >= 15 is 0 Å². The maximum Gasteiger partial charge on any atom is 0.134 e. The predicted octanol–water partition coefficient (Wildman–Crippen LogP) is 4.54. The van der Waals surface area contributed by atoms with Gasteiger partial charge in [0.15, 0.2) is 0 Å². The number of hydrogen-bond acceptors (Lipinski definition) is 2. The van der Waals surface area contributed by atoms with Crippen molar-refractivity contribution >= 4 is 11.0 Å². The Kier molecular flexibility index (Phi) is 3.76. The molecule has 0 saturated heterocycles. The van der Waals surface area contributed by atoms with Crippen LogP contribution >= 0.6 is 0 Å². The van der Waals surface area contributed by atoms with E-state index in [4.69, 9.17) is 4.42 Å². The molecule has 0 radical (unpaired) electrons. The van der Waals surface area contributed by atoms with Gasteiger partial charge in [0.05, 0.1) is 6.04 Å². The van der Waals surface area contributed by atoms with Gasteiger partial charge in [-0.15, -0.1) is 0 Å². The summed E-state index contributed by atoms with van der Waals surface area (Å²) >= 11 is 0. The normalized spacial score (nSPS) is 14.9. The summed E-state index contributed by atoms with van der Waals surface area (Å²) < 4.78 is 5.96. The van der Waals surface area contributed by atoms with Crippen LogP contribution in [-0.4, -0.2) is 7.05 Å². The molecule has 0 spiro atoms. The molecule has 0 aliphatic heterocycles. The van der Waals surface area contributed by atoms with Crippen molar-refractivity contribution in [2.24, 2.45) is 0 Å². The first-order valence-electron chi connectivity index (χ1n) is 6.78. The Labute approximate surface area is 109 Å². The summed E-state index contributed by atoms with van der Waals surface area (Å²) in [6.07, 6.45) is 1.17. The van der Waals surface area contributed by atoms with Gasteiger partial charge in [-0.25, -0.2) is 0 Å². The van der Waals surface area contributed by atoms with Crippen molar-refractivity contribution in [1.29, 1.82) is 0 Å². The van der Waals surface area contributed by atoms with Gasteiger partial charge in [0.2, 0.25) is 0 Å². The molecule has 0 fully saturated rings. The lowest BCUT2D eigenvalue weighted by Gasteiger charge is -2.08. The third-order valence-corrected chi connectivity index (χ3v) is 4.00. The van der Waals surface area contributed by atoms with E-state index in [1.165, 1.54) is 22.9 Å². The first kappa shape index (κ1) is 13.2. The lowest BCUT2D eigenvalue weighted by molar-refractivity contribution is 0.471. The van der Waals surface area contributed by atoms with Crippen LogP contribution in [-0.2, 0) is 0 Å². The third kappa shape index (κ3) is 2.17. The van der Waals surface area contributed by atoms with Crippen molar-refractivity contribution in [3.8, 4) is 0 Å². The second-order valence-corrected chi connectivity index (χ2v) is 5.17. The molecule has 98 valence electrons. The largest absolute Gasteiger partial charge is 0.459 e. The van der Waals surface area contributed by atoms with Crippen LogP contribution in [0.15, 0.2) is 22.6 Å². The molecule has 1 aromatic carbocycles. The zero-order valence-corrected chi connectivity index (χ0v) is 12.0. The molecule has 2 rings (SSSR count). The number of furan rings is 1. The van der Waals surface area contributed by atoms with E-state index in [0.717, 1.165) is 11.3 Å². The molecule has 0 bridgehead atoms. The van der Waals surface area contributed by atoms with Gasteiger partial charge in [-0.1, -0.05) is 19.9 Å². The summed E-state index contributed by atoms with van der Waals surface area (Å²) in [5.74, 6) is 1.66. The van der Waals surface area contributed by atoms with E-state index in [9.17, 15) is 0 Å². The zero-order valence-electron chi connectivity index (χ0n) is 12.0. The van der Waals surface area contributed by atoms with Gasteiger partial charge in [-0.05, 0) is 56.5 Å². The molecule has 2 unspecified atom stereocenters. The molecule has 0 amide bonds. The van der Waals surface area contributed by atoms with Gasteiger partial charge in [0, 0.05) is 5.39 Å². The molecule has 0 saturated carbocycles. The van der Waals surface area contributed by atoms with Crippen LogP contribution in [0, 0.1) is 6.92 Å². The molecule has 0 aliphatic rings. The van der Waals surface area contributed by atoms with E-state index in [1.807, 2.05) is 7.05 Å². The maximum absolute atomic E-state index is 5.96. The Morgan fingerprint density at radius 3 is 2.61 bits per heavy atom. The minimum Gasteiger partial charge on any atom is -0.459 e. The Morgan fingerprint density at radius 2 is 2.00 bits per heavy atom. The minimum absolute atomic E-state index is 0.254. The van der Waals surface area contributed by atoms with Crippen molar-refractivity contribution in [2.45, 2.75) is 46.1 Å². The van der Waals surface area contributed by atoms with Gasteiger partial charge in [-0.3, -0.25) is 0 Å². The van der Waals surface area contributed by atoms with E-state index in [-0.39, 0.29) is 6.04 Å². The highest BCUT2D eigenvalue weighted by Crippen LogP contribution is 2.32. The van der Waals surface area contributed by atoms with Crippen molar-refractivity contribution in [1.82, 2.24) is 5.32 Å². The van der Waals surface area contributed by atoms with Crippen molar-refractivity contribution in [3.63, 3.8) is 0 Å². The summed E-state index contributed by atoms with van der Waals surface area (Å²) in [6.45, 7) is 8.77. The SMILES string of the molecule is CCC(C)c1ccc2oc(C(C)NC)c(C)c2c1. The zero-order chi connectivity index (χ0) is 13.3. The fourth-order valence-electron chi connectivity index (χ4n) is 2.34. The molecule has 2 aromatic rings. The first-order valence-corrected chi connectivity index (χ1v) is 6.78. The monoisotopic (exact) mass is 245 g/mol. The van der Waals surface area contributed by atoms with E-state index < -0.39 is 0 Å². The van der Waals surface area contributed by atoms with E-state index in [1.54, 1.807) is 0 Å². The number of hydrogen-bond donors (Lipinski definition) is 1. The molecule has 1 heterocycles. The van der Waals surface area contributed by atoms with Gasteiger partial charge < -0.3 is 9.73 Å². The molecule has 1 aromatic heterocycles. The quantitative estimate of drug-likeness (QED) is 0.855. The second kappa shape index (κ2) is 5.15. The second-order valence-electron chi connectivity index (χ2n) is 5.17. The topological polar surface area (TPSA) is 25.2 Å². The lowest BCUT2D eigenvalue weighted by Crippen LogP contribution is -2.12. The van der Waals surface area contributed by atoms with Gasteiger partial charge in [0.1, 0.15) is 11.3 Å². The average molecular weight is 245 g/mol. The number of benzene rings is 1. The van der Waals surface area contributed by atoms with Gasteiger partial charge in [0.25, 0.3) is 0 Å². The van der Waals surface area contributed by atoms with Crippen LogP contribution in [0.5, 0.6) is 0 Å². The fraction of sp³-hybridized carbons (Fsp3) is 0.500. The van der Waals surface area contributed by atoms with Crippen molar-refractivity contribution in [2.75, 3.05) is 7.05 Å². The molecular formula is C16H23NO. The van der Waals surface area contributed by atoms with Crippen LogP contribution in [0.4, 0.5) is 0 Å². The molecule has 2 nitrogen and oxygen atoms in total.